The topological polar surface area (TPSA) is 88.4 Å². The largest absolute Gasteiger partial charge is 0.380 e. The van der Waals surface area contributed by atoms with Gasteiger partial charge in [-0.2, -0.15) is 9.61 Å². The molecule has 6 rings (SSSR count). The van der Waals surface area contributed by atoms with Crippen molar-refractivity contribution < 1.29 is 4.74 Å². The summed E-state index contributed by atoms with van der Waals surface area (Å²) < 4.78 is 7.65. The van der Waals surface area contributed by atoms with Gasteiger partial charge in [-0.15, -0.1) is 0 Å². The van der Waals surface area contributed by atoms with Crippen molar-refractivity contribution >= 4 is 17.3 Å². The van der Waals surface area contributed by atoms with E-state index in [1.165, 1.54) is 24.0 Å². The Morgan fingerprint density at radius 3 is 2.75 bits per heavy atom. The van der Waals surface area contributed by atoms with Crippen LogP contribution in [0.2, 0.25) is 0 Å². The molecule has 36 heavy (non-hydrogen) atoms. The van der Waals surface area contributed by atoms with Gasteiger partial charge in [0.2, 0.25) is 0 Å². The lowest BCUT2D eigenvalue weighted by Crippen LogP contribution is -2.44. The minimum atomic E-state index is 0.221. The fourth-order valence-electron chi connectivity index (χ4n) is 5.03. The lowest BCUT2D eigenvalue weighted by atomic mass is 9.95. The Labute approximate surface area is 211 Å². The first-order valence-corrected chi connectivity index (χ1v) is 12.9. The molecule has 2 atom stereocenters. The van der Waals surface area contributed by atoms with Gasteiger partial charge >= 0.3 is 0 Å². The van der Waals surface area contributed by atoms with Crippen molar-refractivity contribution in [1.29, 1.82) is 0 Å². The summed E-state index contributed by atoms with van der Waals surface area (Å²) in [6.45, 7) is 3.46. The summed E-state index contributed by atoms with van der Waals surface area (Å²) in [6.07, 6.45) is 7.56. The van der Waals surface area contributed by atoms with Gasteiger partial charge < -0.3 is 20.7 Å². The third-order valence-corrected chi connectivity index (χ3v) is 7.32. The van der Waals surface area contributed by atoms with Crippen molar-refractivity contribution in [2.45, 2.75) is 37.8 Å². The number of fused-ring (bicyclic) bond motifs is 1. The standard InChI is InChI=1S/C28H33N7O/c1-36-25-18-29-13-11-22(25)16-31-26-14-27(35-28(34-26)23(17-33-35)20-9-10-20)32-15-19-5-7-21(8-6-19)24-4-2-3-12-30-24/h2-8,12,14,17,20,22,25,29,32H,9-11,13,15-16,18H2,1H3,(H,31,34)/t22-,25+/m1/s1. The minimum absolute atomic E-state index is 0.221. The summed E-state index contributed by atoms with van der Waals surface area (Å²) >= 11 is 0. The number of aromatic nitrogens is 4. The average molecular weight is 484 g/mol. The Hall–Kier alpha value is -3.49. The number of rotatable bonds is 9. The predicted molar refractivity (Wildman–Crippen MR) is 142 cm³/mol. The number of pyridine rings is 1. The molecule has 8 heteroatoms. The fraction of sp³-hybridized carbons (Fsp3) is 0.393. The molecule has 0 spiro atoms. The molecule has 8 nitrogen and oxygen atoms in total. The van der Waals surface area contributed by atoms with Gasteiger partial charge in [-0.1, -0.05) is 30.3 Å². The summed E-state index contributed by atoms with van der Waals surface area (Å²) in [7, 11) is 1.80. The Morgan fingerprint density at radius 2 is 1.97 bits per heavy atom. The maximum atomic E-state index is 5.70. The molecule has 2 fully saturated rings. The first kappa shape index (κ1) is 22.9. The first-order chi connectivity index (χ1) is 17.8. The Kier molecular flexibility index (Phi) is 6.53. The van der Waals surface area contributed by atoms with E-state index in [1.807, 2.05) is 35.1 Å². The molecule has 0 radical (unpaired) electrons. The highest BCUT2D eigenvalue weighted by atomic mass is 16.5. The van der Waals surface area contributed by atoms with Gasteiger partial charge in [0, 0.05) is 56.1 Å². The van der Waals surface area contributed by atoms with E-state index in [-0.39, 0.29) is 6.10 Å². The number of nitrogens with zero attached hydrogens (tertiary/aromatic N) is 4. The molecule has 3 aromatic heterocycles. The van der Waals surface area contributed by atoms with Gasteiger partial charge in [0.05, 0.1) is 18.0 Å². The summed E-state index contributed by atoms with van der Waals surface area (Å²) in [4.78, 5) is 9.42. The van der Waals surface area contributed by atoms with Crippen LogP contribution >= 0.6 is 0 Å². The van der Waals surface area contributed by atoms with Crippen LogP contribution in [0, 0.1) is 5.92 Å². The molecule has 1 aliphatic carbocycles. The molecule has 3 N–H and O–H groups in total. The number of hydrogen-bond donors (Lipinski definition) is 3. The van der Waals surface area contributed by atoms with Gasteiger partial charge in [0.1, 0.15) is 11.6 Å². The van der Waals surface area contributed by atoms with E-state index < -0.39 is 0 Å². The molecule has 1 aromatic carbocycles. The van der Waals surface area contributed by atoms with Crippen molar-refractivity contribution in [2.24, 2.45) is 5.92 Å². The van der Waals surface area contributed by atoms with Crippen LogP contribution < -0.4 is 16.0 Å². The van der Waals surface area contributed by atoms with Crippen LogP contribution in [0.3, 0.4) is 0 Å². The molecule has 2 aliphatic rings. The van der Waals surface area contributed by atoms with Gasteiger partial charge in [0.15, 0.2) is 5.65 Å². The highest BCUT2D eigenvalue weighted by molar-refractivity contribution is 5.62. The Balaban J connectivity index is 1.21. The fourth-order valence-corrected chi connectivity index (χ4v) is 5.03. The quantitative estimate of drug-likeness (QED) is 0.327. The molecule has 186 valence electrons. The summed E-state index contributed by atoms with van der Waals surface area (Å²) in [6, 6.07) is 16.6. The molecular formula is C28H33N7O. The van der Waals surface area contributed by atoms with Gasteiger partial charge in [-0.25, -0.2) is 4.98 Å². The highest BCUT2D eigenvalue weighted by Crippen LogP contribution is 2.42. The molecule has 1 saturated heterocycles. The van der Waals surface area contributed by atoms with Crippen LogP contribution in [0.15, 0.2) is 60.9 Å². The normalized spacial score (nSPS) is 19.9. The van der Waals surface area contributed by atoms with Crippen molar-refractivity contribution in [3.63, 3.8) is 0 Å². The molecular weight excluding hydrogens is 450 g/mol. The second-order valence-corrected chi connectivity index (χ2v) is 9.81. The molecule has 0 bridgehead atoms. The average Bonchev–Trinajstić information content (AvgIpc) is 3.70. The zero-order valence-electron chi connectivity index (χ0n) is 20.7. The number of methoxy groups -OCH3 is 1. The Morgan fingerprint density at radius 1 is 1.08 bits per heavy atom. The summed E-state index contributed by atoms with van der Waals surface area (Å²) in [5.41, 5.74) is 5.49. The second kappa shape index (κ2) is 10.2. The number of hydrogen-bond acceptors (Lipinski definition) is 7. The Bertz CT molecular complexity index is 1300. The van der Waals surface area contributed by atoms with E-state index in [1.54, 1.807) is 7.11 Å². The molecule has 4 heterocycles. The van der Waals surface area contributed by atoms with E-state index in [0.717, 1.165) is 54.6 Å². The number of nitrogens with one attached hydrogen (secondary N) is 3. The van der Waals surface area contributed by atoms with Crippen LogP contribution in [0.5, 0.6) is 0 Å². The highest BCUT2D eigenvalue weighted by Gasteiger charge is 2.29. The van der Waals surface area contributed by atoms with E-state index in [2.05, 4.69) is 56.4 Å². The zero-order chi connectivity index (χ0) is 24.3. The molecule has 1 saturated carbocycles. The SMILES string of the molecule is CO[C@H]1CNCC[C@@H]1CNc1cc(NCc2ccc(-c3ccccn3)cc2)n2ncc(C3CC3)c2n1. The van der Waals surface area contributed by atoms with Crippen molar-refractivity contribution in [2.75, 3.05) is 37.4 Å². The number of ether oxygens (including phenoxy) is 1. The van der Waals surface area contributed by atoms with Gasteiger partial charge in [0.25, 0.3) is 0 Å². The zero-order valence-corrected chi connectivity index (χ0v) is 20.7. The lowest BCUT2D eigenvalue weighted by Gasteiger charge is -2.31. The lowest BCUT2D eigenvalue weighted by molar-refractivity contribution is 0.0390. The van der Waals surface area contributed by atoms with Crippen LogP contribution in [0.1, 0.15) is 36.3 Å². The number of piperidine rings is 1. The maximum Gasteiger partial charge on any atom is 0.163 e. The summed E-state index contributed by atoms with van der Waals surface area (Å²) in [5.74, 6) is 2.86. The van der Waals surface area contributed by atoms with Gasteiger partial charge in [-0.05, 0) is 49.4 Å². The molecule has 0 unspecified atom stereocenters. The third-order valence-electron chi connectivity index (χ3n) is 7.32. The van der Waals surface area contributed by atoms with E-state index >= 15 is 0 Å². The third kappa shape index (κ3) is 4.92. The molecule has 1 aliphatic heterocycles. The van der Waals surface area contributed by atoms with E-state index in [9.17, 15) is 0 Å². The van der Waals surface area contributed by atoms with Crippen molar-refractivity contribution in [1.82, 2.24) is 24.9 Å². The minimum Gasteiger partial charge on any atom is -0.380 e. The smallest absolute Gasteiger partial charge is 0.163 e. The van der Waals surface area contributed by atoms with Crippen LogP contribution in [-0.2, 0) is 11.3 Å². The second-order valence-electron chi connectivity index (χ2n) is 9.81. The van der Waals surface area contributed by atoms with E-state index in [0.29, 0.717) is 18.4 Å². The van der Waals surface area contributed by atoms with Crippen LogP contribution in [-0.4, -0.2) is 52.4 Å². The maximum absolute atomic E-state index is 5.70. The number of anilines is 2. The van der Waals surface area contributed by atoms with Crippen LogP contribution in [0.25, 0.3) is 16.9 Å². The van der Waals surface area contributed by atoms with E-state index in [4.69, 9.17) is 9.72 Å². The number of benzene rings is 1. The van der Waals surface area contributed by atoms with Gasteiger partial charge in [-0.3, -0.25) is 4.98 Å². The van der Waals surface area contributed by atoms with Crippen molar-refractivity contribution in [3.05, 3.63) is 72.1 Å². The predicted octanol–water partition coefficient (Wildman–Crippen LogP) is 4.32. The molecule has 0 amide bonds. The first-order valence-electron chi connectivity index (χ1n) is 12.9. The van der Waals surface area contributed by atoms with Crippen LogP contribution in [0.4, 0.5) is 11.6 Å². The van der Waals surface area contributed by atoms with Crippen molar-refractivity contribution in [3.8, 4) is 11.3 Å². The molecule has 4 aromatic rings. The monoisotopic (exact) mass is 483 g/mol. The summed E-state index contributed by atoms with van der Waals surface area (Å²) in [5, 5.41) is 15.3.